The van der Waals surface area contributed by atoms with Crippen molar-refractivity contribution in [2.75, 3.05) is 11.9 Å². The summed E-state index contributed by atoms with van der Waals surface area (Å²) in [7, 11) is 0. The van der Waals surface area contributed by atoms with Crippen LogP contribution in [0, 0.1) is 0 Å². The van der Waals surface area contributed by atoms with Gasteiger partial charge in [-0.05, 0) is 38.1 Å². The van der Waals surface area contributed by atoms with Gasteiger partial charge in [-0.2, -0.15) is 5.10 Å². The Morgan fingerprint density at radius 1 is 1.08 bits per heavy atom. The first kappa shape index (κ1) is 18.0. The summed E-state index contributed by atoms with van der Waals surface area (Å²) in [6.45, 7) is 3.86. The predicted molar refractivity (Wildman–Crippen MR) is 94.7 cm³/mol. The molecule has 0 spiro atoms. The molecular formula is C18H19N3O4. The van der Waals surface area contributed by atoms with E-state index in [4.69, 9.17) is 4.74 Å². The molecule has 130 valence electrons. The Balaban J connectivity index is 2.03. The molecule has 0 aliphatic carbocycles. The number of carbonyl (C=O) groups excluding carboxylic acids is 2. The minimum Gasteiger partial charge on any atom is -0.507 e. The Bertz CT molecular complexity index is 802. The van der Waals surface area contributed by atoms with Crippen molar-refractivity contribution in [1.29, 1.82) is 0 Å². The molecule has 25 heavy (non-hydrogen) atoms. The lowest BCUT2D eigenvalue weighted by molar-refractivity contribution is -0.136. The highest BCUT2D eigenvalue weighted by Crippen LogP contribution is 2.23. The first-order chi connectivity index (χ1) is 12.0. The molecule has 0 aliphatic heterocycles. The molecule has 2 aromatic carbocycles. The van der Waals surface area contributed by atoms with E-state index in [0.29, 0.717) is 29.3 Å². The van der Waals surface area contributed by atoms with Crippen LogP contribution in [0.5, 0.6) is 11.5 Å². The SMILES string of the molecule is CCOc1ccccc1NC(=O)C(=O)NN=C(C)c1ccccc1O. The molecular weight excluding hydrogens is 322 g/mol. The Kier molecular flexibility index (Phi) is 6.11. The number of anilines is 1. The zero-order valence-electron chi connectivity index (χ0n) is 13.9. The van der Waals surface area contributed by atoms with Gasteiger partial charge in [0.25, 0.3) is 0 Å². The number of phenolic OH excluding ortho intramolecular Hbond substituents is 1. The topological polar surface area (TPSA) is 100 Å². The van der Waals surface area contributed by atoms with Gasteiger partial charge in [-0.3, -0.25) is 9.59 Å². The van der Waals surface area contributed by atoms with Crippen LogP contribution in [0.1, 0.15) is 19.4 Å². The van der Waals surface area contributed by atoms with Crippen molar-refractivity contribution < 1.29 is 19.4 Å². The fourth-order valence-electron chi connectivity index (χ4n) is 2.06. The van der Waals surface area contributed by atoms with Crippen molar-refractivity contribution in [3.63, 3.8) is 0 Å². The van der Waals surface area contributed by atoms with E-state index in [9.17, 15) is 14.7 Å². The van der Waals surface area contributed by atoms with Crippen LogP contribution >= 0.6 is 0 Å². The summed E-state index contributed by atoms with van der Waals surface area (Å²) in [4.78, 5) is 23.9. The van der Waals surface area contributed by atoms with Crippen molar-refractivity contribution in [3.8, 4) is 11.5 Å². The number of nitrogens with zero attached hydrogens (tertiary/aromatic N) is 1. The zero-order valence-corrected chi connectivity index (χ0v) is 13.9. The number of phenols is 1. The van der Waals surface area contributed by atoms with Crippen molar-refractivity contribution in [3.05, 3.63) is 54.1 Å². The number of amides is 2. The Morgan fingerprint density at radius 2 is 1.76 bits per heavy atom. The van der Waals surface area contributed by atoms with Crippen molar-refractivity contribution in [1.82, 2.24) is 5.43 Å². The molecule has 0 aliphatic rings. The van der Waals surface area contributed by atoms with E-state index >= 15 is 0 Å². The average molecular weight is 341 g/mol. The van der Waals surface area contributed by atoms with E-state index < -0.39 is 11.8 Å². The van der Waals surface area contributed by atoms with Crippen molar-refractivity contribution in [2.45, 2.75) is 13.8 Å². The molecule has 0 heterocycles. The average Bonchev–Trinajstić information content (AvgIpc) is 2.61. The maximum atomic E-state index is 12.0. The summed E-state index contributed by atoms with van der Waals surface area (Å²) >= 11 is 0. The van der Waals surface area contributed by atoms with Gasteiger partial charge >= 0.3 is 11.8 Å². The van der Waals surface area contributed by atoms with Crippen LogP contribution in [0.2, 0.25) is 0 Å². The second-order valence-corrected chi connectivity index (χ2v) is 5.04. The molecule has 2 aromatic rings. The Morgan fingerprint density at radius 3 is 2.48 bits per heavy atom. The second-order valence-electron chi connectivity index (χ2n) is 5.04. The largest absolute Gasteiger partial charge is 0.507 e. The first-order valence-electron chi connectivity index (χ1n) is 7.68. The van der Waals surface area contributed by atoms with Gasteiger partial charge in [-0.15, -0.1) is 0 Å². The normalized spacial score (nSPS) is 10.9. The van der Waals surface area contributed by atoms with Crippen LogP contribution in [0.4, 0.5) is 5.69 Å². The van der Waals surface area contributed by atoms with Crippen LogP contribution in [-0.2, 0) is 9.59 Å². The fraction of sp³-hybridized carbons (Fsp3) is 0.167. The molecule has 0 unspecified atom stereocenters. The van der Waals surface area contributed by atoms with Crippen LogP contribution in [-0.4, -0.2) is 29.2 Å². The summed E-state index contributed by atoms with van der Waals surface area (Å²) in [5, 5.41) is 16.1. The standard InChI is InChI=1S/C18H19N3O4/c1-3-25-16-11-7-5-9-14(16)19-17(23)18(24)21-20-12(2)13-8-4-6-10-15(13)22/h4-11,22H,3H2,1-2H3,(H,19,23)(H,21,24). The number of ether oxygens (including phenoxy) is 1. The zero-order chi connectivity index (χ0) is 18.2. The third-order valence-corrected chi connectivity index (χ3v) is 3.26. The van der Waals surface area contributed by atoms with E-state index in [2.05, 4.69) is 15.8 Å². The molecule has 0 radical (unpaired) electrons. The lowest BCUT2D eigenvalue weighted by Crippen LogP contribution is -2.33. The minimum atomic E-state index is -0.930. The molecule has 0 fully saturated rings. The van der Waals surface area contributed by atoms with Crippen LogP contribution < -0.4 is 15.5 Å². The molecule has 0 atom stereocenters. The molecule has 2 rings (SSSR count). The van der Waals surface area contributed by atoms with E-state index in [1.807, 2.05) is 6.92 Å². The third-order valence-electron chi connectivity index (χ3n) is 3.26. The first-order valence-corrected chi connectivity index (χ1v) is 7.68. The molecule has 0 saturated heterocycles. The number of aromatic hydroxyl groups is 1. The number of carbonyl (C=O) groups is 2. The predicted octanol–water partition coefficient (Wildman–Crippen LogP) is 2.27. The fourth-order valence-corrected chi connectivity index (χ4v) is 2.06. The van der Waals surface area contributed by atoms with E-state index in [1.165, 1.54) is 6.07 Å². The Hall–Kier alpha value is -3.35. The second kappa shape index (κ2) is 8.49. The van der Waals surface area contributed by atoms with Crippen LogP contribution in [0.25, 0.3) is 0 Å². The van der Waals surface area contributed by atoms with Gasteiger partial charge in [-0.1, -0.05) is 24.3 Å². The molecule has 2 amide bonds. The van der Waals surface area contributed by atoms with Gasteiger partial charge in [0.05, 0.1) is 18.0 Å². The summed E-state index contributed by atoms with van der Waals surface area (Å²) in [5.41, 5.74) is 3.39. The summed E-state index contributed by atoms with van der Waals surface area (Å²) in [6, 6.07) is 13.4. The van der Waals surface area contributed by atoms with Gasteiger partial charge in [-0.25, -0.2) is 5.43 Å². The molecule has 0 saturated carbocycles. The molecule has 7 nitrogen and oxygen atoms in total. The number of para-hydroxylation sites is 3. The summed E-state index contributed by atoms with van der Waals surface area (Å²) < 4.78 is 5.39. The number of nitrogens with one attached hydrogen (secondary N) is 2. The molecule has 7 heteroatoms. The molecule has 0 aromatic heterocycles. The minimum absolute atomic E-state index is 0.0353. The van der Waals surface area contributed by atoms with Crippen molar-refractivity contribution in [2.24, 2.45) is 5.10 Å². The summed E-state index contributed by atoms with van der Waals surface area (Å²) in [6.07, 6.45) is 0. The van der Waals surface area contributed by atoms with E-state index in [1.54, 1.807) is 49.4 Å². The van der Waals surface area contributed by atoms with Gasteiger partial charge in [0.1, 0.15) is 11.5 Å². The number of benzene rings is 2. The number of rotatable bonds is 5. The van der Waals surface area contributed by atoms with Gasteiger partial charge in [0.2, 0.25) is 0 Å². The highest BCUT2D eigenvalue weighted by molar-refractivity contribution is 6.39. The number of hydrazone groups is 1. The van der Waals surface area contributed by atoms with Crippen LogP contribution in [0.3, 0.4) is 0 Å². The monoisotopic (exact) mass is 341 g/mol. The van der Waals surface area contributed by atoms with Crippen molar-refractivity contribution >= 4 is 23.2 Å². The van der Waals surface area contributed by atoms with Gasteiger partial charge < -0.3 is 15.2 Å². The van der Waals surface area contributed by atoms with E-state index in [-0.39, 0.29) is 5.75 Å². The number of hydrogen-bond donors (Lipinski definition) is 3. The quantitative estimate of drug-likeness (QED) is 0.441. The Labute approximate surface area is 145 Å². The number of hydrogen-bond acceptors (Lipinski definition) is 5. The lowest BCUT2D eigenvalue weighted by Gasteiger charge is -2.10. The van der Waals surface area contributed by atoms with Gasteiger partial charge in [0, 0.05) is 5.56 Å². The smallest absolute Gasteiger partial charge is 0.329 e. The maximum Gasteiger partial charge on any atom is 0.329 e. The van der Waals surface area contributed by atoms with Gasteiger partial charge in [0.15, 0.2) is 0 Å². The molecule has 3 N–H and O–H groups in total. The third kappa shape index (κ3) is 4.81. The highest BCUT2D eigenvalue weighted by Gasteiger charge is 2.15. The lowest BCUT2D eigenvalue weighted by atomic mass is 10.1. The molecule has 0 bridgehead atoms. The van der Waals surface area contributed by atoms with E-state index in [0.717, 1.165) is 0 Å². The highest BCUT2D eigenvalue weighted by atomic mass is 16.5. The van der Waals surface area contributed by atoms with Crippen LogP contribution in [0.15, 0.2) is 53.6 Å². The maximum absolute atomic E-state index is 12.0. The summed E-state index contributed by atoms with van der Waals surface area (Å²) in [5.74, 6) is -1.30.